The van der Waals surface area contributed by atoms with Crippen LogP contribution < -0.4 is 0 Å². The minimum absolute atomic E-state index is 0.146. The largest absolute Gasteiger partial charge is 0.390 e. The summed E-state index contributed by atoms with van der Waals surface area (Å²) in [7, 11) is 0. The fraction of sp³-hybridized carbons (Fsp3) is 0.929. The summed E-state index contributed by atoms with van der Waals surface area (Å²) in [4.78, 5) is 13.8. The van der Waals surface area contributed by atoms with Crippen molar-refractivity contribution in [2.24, 2.45) is 11.8 Å². The lowest BCUT2D eigenvalue weighted by atomic mass is 9.81. The highest BCUT2D eigenvalue weighted by Gasteiger charge is 2.34. The van der Waals surface area contributed by atoms with Gasteiger partial charge in [-0.25, -0.2) is 0 Å². The van der Waals surface area contributed by atoms with Crippen molar-refractivity contribution >= 4 is 5.78 Å². The molecular formula is C14H27NO2. The van der Waals surface area contributed by atoms with Crippen LogP contribution in [-0.4, -0.2) is 41.0 Å². The lowest BCUT2D eigenvalue weighted by Gasteiger charge is -2.40. The number of Topliss-reactive ketones (excluding diaryl/α,β-unsaturated/α-hetero) is 1. The number of piperidine rings is 1. The second-order valence-electron chi connectivity index (χ2n) is 5.97. The molecule has 100 valence electrons. The maximum atomic E-state index is 11.5. The zero-order valence-corrected chi connectivity index (χ0v) is 11.7. The van der Waals surface area contributed by atoms with Crippen LogP contribution in [0.3, 0.4) is 0 Å². The van der Waals surface area contributed by atoms with Crippen molar-refractivity contribution in [2.45, 2.75) is 52.6 Å². The van der Waals surface area contributed by atoms with Gasteiger partial charge in [-0.1, -0.05) is 27.7 Å². The molecule has 1 aliphatic rings. The van der Waals surface area contributed by atoms with E-state index < -0.39 is 5.60 Å². The van der Waals surface area contributed by atoms with Crippen LogP contribution in [0.15, 0.2) is 0 Å². The second-order valence-corrected chi connectivity index (χ2v) is 5.97. The zero-order valence-electron chi connectivity index (χ0n) is 11.7. The van der Waals surface area contributed by atoms with Crippen LogP contribution in [0.25, 0.3) is 0 Å². The lowest BCUT2D eigenvalue weighted by Crippen LogP contribution is -2.47. The number of likely N-dealkylation sites (tertiary alicyclic amines) is 1. The molecule has 3 nitrogen and oxygen atoms in total. The molecule has 0 atom stereocenters. The quantitative estimate of drug-likeness (QED) is 0.801. The molecule has 0 aromatic heterocycles. The maximum absolute atomic E-state index is 11.5. The summed E-state index contributed by atoms with van der Waals surface area (Å²) in [6, 6.07) is 0. The van der Waals surface area contributed by atoms with Crippen LogP contribution in [0.5, 0.6) is 0 Å². The summed E-state index contributed by atoms with van der Waals surface area (Å²) < 4.78 is 0. The van der Waals surface area contributed by atoms with Gasteiger partial charge in [-0.15, -0.1) is 0 Å². The molecule has 0 saturated carbocycles. The van der Waals surface area contributed by atoms with Crippen LogP contribution in [0.2, 0.25) is 0 Å². The third-order valence-corrected chi connectivity index (χ3v) is 4.11. The van der Waals surface area contributed by atoms with E-state index in [1.807, 2.05) is 13.8 Å². The molecule has 1 aliphatic heterocycles. The molecule has 1 rings (SSSR count). The Morgan fingerprint density at radius 3 is 2.18 bits per heavy atom. The molecule has 0 radical (unpaired) electrons. The normalized spacial score (nSPS) is 21.1. The van der Waals surface area contributed by atoms with Crippen molar-refractivity contribution < 1.29 is 9.90 Å². The monoisotopic (exact) mass is 241 g/mol. The zero-order chi connectivity index (χ0) is 13.1. The molecule has 1 fully saturated rings. The molecule has 0 spiro atoms. The number of hydrogen-bond donors (Lipinski definition) is 1. The van der Waals surface area contributed by atoms with E-state index in [2.05, 4.69) is 18.7 Å². The van der Waals surface area contributed by atoms with Crippen LogP contribution in [0, 0.1) is 11.8 Å². The summed E-state index contributed by atoms with van der Waals surface area (Å²) in [6.45, 7) is 10.8. The Labute approximate surface area is 105 Å². The van der Waals surface area contributed by atoms with E-state index in [0.717, 1.165) is 32.5 Å². The third kappa shape index (κ3) is 4.07. The summed E-state index contributed by atoms with van der Waals surface area (Å²) in [5.41, 5.74) is -0.488. The Balaban J connectivity index is 2.31. The molecule has 0 aromatic carbocycles. The highest BCUT2D eigenvalue weighted by molar-refractivity contribution is 5.80. The van der Waals surface area contributed by atoms with Gasteiger partial charge in [0.25, 0.3) is 0 Å². The van der Waals surface area contributed by atoms with E-state index in [1.165, 1.54) is 0 Å². The molecule has 0 aromatic rings. The molecule has 1 N–H and O–H groups in total. The standard InChI is InChI=1S/C14H27NO2/c1-11(2)13(16)5-8-15-9-6-14(17,7-10-15)12(3)4/h11-12,17H,5-10H2,1-4H3. The van der Waals surface area contributed by atoms with Crippen LogP contribution in [-0.2, 0) is 4.79 Å². The molecule has 3 heteroatoms. The summed E-state index contributed by atoms with van der Waals surface area (Å²) in [6.07, 6.45) is 2.32. The van der Waals surface area contributed by atoms with E-state index >= 15 is 0 Å². The fourth-order valence-corrected chi connectivity index (χ4v) is 2.30. The van der Waals surface area contributed by atoms with Crippen molar-refractivity contribution in [2.75, 3.05) is 19.6 Å². The smallest absolute Gasteiger partial charge is 0.136 e. The predicted octanol–water partition coefficient (Wildman–Crippen LogP) is 2.08. The Morgan fingerprint density at radius 1 is 1.24 bits per heavy atom. The van der Waals surface area contributed by atoms with Gasteiger partial charge in [-0.3, -0.25) is 4.79 Å². The first-order chi connectivity index (χ1) is 7.85. The number of aliphatic hydroxyl groups is 1. The van der Waals surface area contributed by atoms with E-state index in [9.17, 15) is 9.90 Å². The van der Waals surface area contributed by atoms with E-state index in [4.69, 9.17) is 0 Å². The van der Waals surface area contributed by atoms with Gasteiger partial charge in [0, 0.05) is 32.0 Å². The first kappa shape index (κ1) is 14.7. The first-order valence-corrected chi connectivity index (χ1v) is 6.82. The number of carbonyl (C=O) groups is 1. The molecule has 1 saturated heterocycles. The lowest BCUT2D eigenvalue weighted by molar-refractivity contribution is -0.122. The summed E-state index contributed by atoms with van der Waals surface area (Å²) in [5, 5.41) is 10.3. The van der Waals surface area contributed by atoms with Gasteiger partial charge < -0.3 is 10.0 Å². The van der Waals surface area contributed by atoms with Crippen molar-refractivity contribution in [1.29, 1.82) is 0 Å². The molecule has 17 heavy (non-hydrogen) atoms. The van der Waals surface area contributed by atoms with Crippen molar-refractivity contribution in [3.63, 3.8) is 0 Å². The molecule has 0 unspecified atom stereocenters. The van der Waals surface area contributed by atoms with Gasteiger partial charge in [0.05, 0.1) is 5.60 Å². The number of nitrogens with zero attached hydrogens (tertiary/aromatic N) is 1. The number of hydrogen-bond acceptors (Lipinski definition) is 3. The van der Waals surface area contributed by atoms with Gasteiger partial charge in [0.1, 0.15) is 5.78 Å². The van der Waals surface area contributed by atoms with Gasteiger partial charge >= 0.3 is 0 Å². The van der Waals surface area contributed by atoms with E-state index in [1.54, 1.807) is 0 Å². The highest BCUT2D eigenvalue weighted by Crippen LogP contribution is 2.29. The van der Waals surface area contributed by atoms with Crippen LogP contribution in [0.1, 0.15) is 47.0 Å². The Kier molecular flexibility index (Phi) is 5.14. The van der Waals surface area contributed by atoms with Crippen LogP contribution >= 0.6 is 0 Å². The predicted molar refractivity (Wildman–Crippen MR) is 69.9 cm³/mol. The topological polar surface area (TPSA) is 40.5 Å². The third-order valence-electron chi connectivity index (χ3n) is 4.11. The van der Waals surface area contributed by atoms with Gasteiger partial charge in [-0.05, 0) is 18.8 Å². The number of rotatable bonds is 5. The number of carbonyl (C=O) groups excluding carboxylic acids is 1. The second kappa shape index (κ2) is 5.96. The summed E-state index contributed by atoms with van der Waals surface area (Å²) >= 11 is 0. The minimum Gasteiger partial charge on any atom is -0.390 e. The summed E-state index contributed by atoms with van der Waals surface area (Å²) in [5.74, 6) is 0.809. The highest BCUT2D eigenvalue weighted by atomic mass is 16.3. The molecular weight excluding hydrogens is 214 g/mol. The average Bonchev–Trinajstić information content (AvgIpc) is 2.27. The van der Waals surface area contributed by atoms with Gasteiger partial charge in [0.2, 0.25) is 0 Å². The van der Waals surface area contributed by atoms with Crippen LogP contribution in [0.4, 0.5) is 0 Å². The first-order valence-electron chi connectivity index (χ1n) is 6.82. The van der Waals surface area contributed by atoms with Crippen molar-refractivity contribution in [1.82, 2.24) is 4.90 Å². The molecule has 0 bridgehead atoms. The Hall–Kier alpha value is -0.410. The van der Waals surface area contributed by atoms with E-state index in [0.29, 0.717) is 18.1 Å². The number of ketones is 1. The SMILES string of the molecule is CC(C)C(=O)CCN1CCC(O)(C(C)C)CC1. The van der Waals surface area contributed by atoms with Gasteiger partial charge in [-0.2, -0.15) is 0 Å². The van der Waals surface area contributed by atoms with Gasteiger partial charge in [0.15, 0.2) is 0 Å². The molecule has 0 amide bonds. The minimum atomic E-state index is -0.488. The Bertz CT molecular complexity index is 253. The van der Waals surface area contributed by atoms with E-state index in [-0.39, 0.29) is 5.92 Å². The molecule has 1 heterocycles. The average molecular weight is 241 g/mol. The van der Waals surface area contributed by atoms with Crippen molar-refractivity contribution in [3.05, 3.63) is 0 Å². The maximum Gasteiger partial charge on any atom is 0.136 e. The molecule has 0 aliphatic carbocycles. The Morgan fingerprint density at radius 2 is 1.76 bits per heavy atom. The fourth-order valence-electron chi connectivity index (χ4n) is 2.30. The van der Waals surface area contributed by atoms with Crippen molar-refractivity contribution in [3.8, 4) is 0 Å².